The monoisotopic (exact) mass is 429 g/mol. The first-order valence-corrected chi connectivity index (χ1v) is 11.3. The van der Waals surface area contributed by atoms with Crippen LogP contribution in [0, 0.1) is 6.92 Å². The van der Waals surface area contributed by atoms with Crippen molar-refractivity contribution < 1.29 is 17.3 Å². The van der Waals surface area contributed by atoms with Crippen LogP contribution in [-0.4, -0.2) is 41.3 Å². The third-order valence-electron chi connectivity index (χ3n) is 4.83. The molecule has 158 valence electrons. The molecule has 1 unspecified atom stereocenters. The number of nitrogens with zero attached hydrogens (tertiary/aromatic N) is 4. The standard InChI is InChI=1S/C20H23N5O4S/c1-13-11-25(12-22-13)16-8-7-15(9-18(16)28-2)23-20-21-10-14-5-4-6-17(19(14)24-20)29-30(3,26)27/h7-12,17H,4-6H2,1-3H3,(H,21,23,24). The molecule has 9 nitrogen and oxygen atoms in total. The van der Waals surface area contributed by atoms with E-state index in [1.165, 1.54) is 0 Å². The molecular weight excluding hydrogens is 406 g/mol. The van der Waals surface area contributed by atoms with Gasteiger partial charge in [0.05, 0.1) is 36.8 Å². The summed E-state index contributed by atoms with van der Waals surface area (Å²) in [6.45, 7) is 1.92. The van der Waals surface area contributed by atoms with E-state index in [0.717, 1.165) is 41.7 Å². The molecule has 0 amide bonds. The Balaban J connectivity index is 1.61. The molecule has 1 N–H and O–H groups in total. The van der Waals surface area contributed by atoms with Gasteiger partial charge in [-0.05, 0) is 43.9 Å². The van der Waals surface area contributed by atoms with Crippen LogP contribution in [0.25, 0.3) is 5.69 Å². The first-order valence-electron chi connectivity index (χ1n) is 9.52. The van der Waals surface area contributed by atoms with E-state index in [4.69, 9.17) is 8.92 Å². The number of hydrogen-bond acceptors (Lipinski definition) is 8. The van der Waals surface area contributed by atoms with Gasteiger partial charge in [0.2, 0.25) is 5.95 Å². The Kier molecular flexibility index (Phi) is 5.44. The highest BCUT2D eigenvalue weighted by molar-refractivity contribution is 7.86. The van der Waals surface area contributed by atoms with Gasteiger partial charge in [0, 0.05) is 24.1 Å². The lowest BCUT2D eigenvalue weighted by Gasteiger charge is -2.23. The first-order chi connectivity index (χ1) is 14.3. The summed E-state index contributed by atoms with van der Waals surface area (Å²) < 4.78 is 35.9. The van der Waals surface area contributed by atoms with Crippen molar-refractivity contribution in [3.63, 3.8) is 0 Å². The summed E-state index contributed by atoms with van der Waals surface area (Å²) in [5.74, 6) is 1.03. The highest BCUT2D eigenvalue weighted by Gasteiger charge is 2.26. The van der Waals surface area contributed by atoms with Gasteiger partial charge in [-0.3, -0.25) is 4.18 Å². The molecule has 30 heavy (non-hydrogen) atoms. The van der Waals surface area contributed by atoms with Crippen LogP contribution in [-0.2, 0) is 20.7 Å². The Morgan fingerprint density at radius 2 is 2.10 bits per heavy atom. The largest absolute Gasteiger partial charge is 0.494 e. The van der Waals surface area contributed by atoms with E-state index < -0.39 is 16.2 Å². The Hall–Kier alpha value is -2.98. The highest BCUT2D eigenvalue weighted by Crippen LogP contribution is 2.33. The second-order valence-corrected chi connectivity index (χ2v) is 8.82. The van der Waals surface area contributed by atoms with Crippen molar-refractivity contribution in [1.82, 2.24) is 19.5 Å². The van der Waals surface area contributed by atoms with E-state index in [-0.39, 0.29) is 0 Å². The average Bonchev–Trinajstić information content (AvgIpc) is 3.13. The van der Waals surface area contributed by atoms with E-state index >= 15 is 0 Å². The number of aromatic nitrogens is 4. The average molecular weight is 430 g/mol. The van der Waals surface area contributed by atoms with Gasteiger partial charge in [-0.25, -0.2) is 15.0 Å². The van der Waals surface area contributed by atoms with Crippen molar-refractivity contribution in [2.45, 2.75) is 32.3 Å². The van der Waals surface area contributed by atoms with E-state index in [0.29, 0.717) is 23.8 Å². The molecule has 0 fully saturated rings. The fourth-order valence-electron chi connectivity index (χ4n) is 3.52. The Morgan fingerprint density at radius 3 is 2.80 bits per heavy atom. The molecule has 1 aliphatic carbocycles. The van der Waals surface area contributed by atoms with Gasteiger partial charge in [-0.15, -0.1) is 0 Å². The van der Waals surface area contributed by atoms with Gasteiger partial charge in [-0.2, -0.15) is 8.42 Å². The topological polar surface area (TPSA) is 108 Å². The summed E-state index contributed by atoms with van der Waals surface area (Å²) in [4.78, 5) is 13.2. The van der Waals surface area contributed by atoms with Crippen LogP contribution < -0.4 is 10.1 Å². The van der Waals surface area contributed by atoms with Crippen LogP contribution in [0.2, 0.25) is 0 Å². The van der Waals surface area contributed by atoms with E-state index in [1.54, 1.807) is 19.6 Å². The molecule has 0 radical (unpaired) electrons. The van der Waals surface area contributed by atoms with Gasteiger partial charge < -0.3 is 14.6 Å². The molecular formula is C20H23N5O4S. The summed E-state index contributed by atoms with van der Waals surface area (Å²) >= 11 is 0. The number of hydrogen-bond donors (Lipinski definition) is 1. The number of ether oxygens (including phenoxy) is 1. The lowest BCUT2D eigenvalue weighted by Crippen LogP contribution is -2.19. The third-order valence-corrected chi connectivity index (χ3v) is 5.41. The number of methoxy groups -OCH3 is 1. The predicted molar refractivity (Wildman–Crippen MR) is 112 cm³/mol. The van der Waals surface area contributed by atoms with Crippen molar-refractivity contribution in [2.24, 2.45) is 0 Å². The number of imidazole rings is 1. The zero-order valence-corrected chi connectivity index (χ0v) is 17.8. The summed E-state index contributed by atoms with van der Waals surface area (Å²) in [6, 6.07) is 5.65. The molecule has 0 saturated heterocycles. The molecule has 2 aromatic heterocycles. The summed E-state index contributed by atoms with van der Waals surface area (Å²) in [6.07, 6.45) is 8.06. The summed E-state index contributed by atoms with van der Waals surface area (Å²) in [5, 5.41) is 3.16. The van der Waals surface area contributed by atoms with Crippen molar-refractivity contribution in [3.05, 3.63) is 53.9 Å². The number of nitrogens with one attached hydrogen (secondary N) is 1. The molecule has 10 heteroatoms. The minimum absolute atomic E-state index is 0.367. The second kappa shape index (κ2) is 8.04. The molecule has 0 bridgehead atoms. The minimum atomic E-state index is -3.58. The maximum Gasteiger partial charge on any atom is 0.265 e. The lowest BCUT2D eigenvalue weighted by molar-refractivity contribution is 0.188. The minimum Gasteiger partial charge on any atom is -0.494 e. The molecule has 1 aromatic carbocycles. The summed E-state index contributed by atoms with van der Waals surface area (Å²) in [5.41, 5.74) is 4.03. The third kappa shape index (κ3) is 4.44. The van der Waals surface area contributed by atoms with Crippen LogP contribution in [0.1, 0.15) is 35.9 Å². The number of aryl methyl sites for hydroxylation is 2. The zero-order valence-electron chi connectivity index (χ0n) is 17.0. The maximum atomic E-state index is 11.6. The molecule has 0 aliphatic heterocycles. The van der Waals surface area contributed by atoms with Gasteiger partial charge in [0.15, 0.2) is 0 Å². The number of benzene rings is 1. The van der Waals surface area contributed by atoms with Crippen molar-refractivity contribution in [3.8, 4) is 11.4 Å². The number of rotatable bonds is 6. The van der Waals surface area contributed by atoms with Gasteiger partial charge in [0.25, 0.3) is 10.1 Å². The molecule has 0 spiro atoms. The highest BCUT2D eigenvalue weighted by atomic mass is 32.2. The van der Waals surface area contributed by atoms with Gasteiger partial charge in [0.1, 0.15) is 11.9 Å². The molecule has 3 aromatic rings. The van der Waals surface area contributed by atoms with E-state index in [2.05, 4.69) is 20.3 Å². The smallest absolute Gasteiger partial charge is 0.265 e. The molecule has 0 saturated carbocycles. The Bertz CT molecular complexity index is 1180. The van der Waals surface area contributed by atoms with Crippen LogP contribution in [0.4, 0.5) is 11.6 Å². The van der Waals surface area contributed by atoms with Crippen molar-refractivity contribution >= 4 is 21.8 Å². The maximum absolute atomic E-state index is 11.6. The fourth-order valence-corrected chi connectivity index (χ4v) is 4.13. The summed E-state index contributed by atoms with van der Waals surface area (Å²) in [7, 11) is -1.98. The van der Waals surface area contributed by atoms with Crippen molar-refractivity contribution in [2.75, 3.05) is 18.7 Å². The lowest BCUT2D eigenvalue weighted by atomic mass is 9.95. The van der Waals surface area contributed by atoms with Gasteiger partial charge >= 0.3 is 0 Å². The van der Waals surface area contributed by atoms with Crippen LogP contribution >= 0.6 is 0 Å². The van der Waals surface area contributed by atoms with E-state index in [1.807, 2.05) is 35.9 Å². The molecule has 2 heterocycles. The van der Waals surface area contributed by atoms with E-state index in [9.17, 15) is 8.42 Å². The second-order valence-electron chi connectivity index (χ2n) is 7.22. The fraction of sp³-hybridized carbons (Fsp3) is 0.350. The Morgan fingerprint density at radius 1 is 1.27 bits per heavy atom. The quantitative estimate of drug-likeness (QED) is 0.596. The normalized spacial score (nSPS) is 16.2. The zero-order chi connectivity index (χ0) is 21.3. The van der Waals surface area contributed by atoms with Crippen LogP contribution in [0.5, 0.6) is 5.75 Å². The SMILES string of the molecule is COc1cc(Nc2ncc3c(n2)C(OS(C)(=O)=O)CCC3)ccc1-n1cnc(C)c1. The molecule has 1 aliphatic rings. The first kappa shape index (κ1) is 20.3. The predicted octanol–water partition coefficient (Wildman–Crippen LogP) is 3.08. The van der Waals surface area contributed by atoms with Crippen LogP contribution in [0.3, 0.4) is 0 Å². The number of fused-ring (bicyclic) bond motifs is 1. The Labute approximate surface area is 175 Å². The van der Waals surface area contributed by atoms with Crippen molar-refractivity contribution in [1.29, 1.82) is 0 Å². The number of anilines is 2. The molecule has 1 atom stereocenters. The van der Waals surface area contributed by atoms with Crippen LogP contribution in [0.15, 0.2) is 36.9 Å². The van der Waals surface area contributed by atoms with Gasteiger partial charge in [-0.1, -0.05) is 0 Å². The molecule has 4 rings (SSSR count).